The van der Waals surface area contributed by atoms with Crippen molar-refractivity contribution in [2.45, 2.75) is 25.5 Å². The van der Waals surface area contributed by atoms with E-state index in [9.17, 15) is 4.79 Å². The number of amides is 1. The lowest BCUT2D eigenvalue weighted by Crippen LogP contribution is -2.34. The predicted molar refractivity (Wildman–Crippen MR) is 72.6 cm³/mol. The van der Waals surface area contributed by atoms with Crippen LogP contribution >= 0.6 is 0 Å². The Hall–Kier alpha value is -1.81. The molecule has 19 heavy (non-hydrogen) atoms. The van der Waals surface area contributed by atoms with Gasteiger partial charge in [-0.1, -0.05) is 42.5 Å². The molecule has 1 aromatic carbocycles. The summed E-state index contributed by atoms with van der Waals surface area (Å²) in [5.74, 6) is 0. The van der Waals surface area contributed by atoms with Gasteiger partial charge in [-0.3, -0.25) is 0 Å². The van der Waals surface area contributed by atoms with Crippen molar-refractivity contribution < 1.29 is 14.6 Å². The smallest absolute Gasteiger partial charge is 0.410 e. The molecule has 0 saturated carbocycles. The van der Waals surface area contributed by atoms with E-state index in [0.717, 1.165) is 18.4 Å². The highest BCUT2D eigenvalue weighted by molar-refractivity contribution is 5.68. The molecule has 2 rings (SSSR count). The number of likely N-dealkylation sites (tertiary alicyclic amines) is 1. The first-order chi connectivity index (χ1) is 9.31. The number of hydrogen-bond donors (Lipinski definition) is 1. The van der Waals surface area contributed by atoms with Crippen LogP contribution in [0.25, 0.3) is 0 Å². The van der Waals surface area contributed by atoms with Crippen molar-refractivity contribution in [3.63, 3.8) is 0 Å². The second-order valence-electron chi connectivity index (χ2n) is 4.55. The molecule has 1 aromatic rings. The monoisotopic (exact) mass is 261 g/mol. The van der Waals surface area contributed by atoms with Gasteiger partial charge in [-0.05, 0) is 18.4 Å². The molecule has 1 fully saturated rings. The molecule has 4 nitrogen and oxygen atoms in total. The lowest BCUT2D eigenvalue weighted by Gasteiger charge is -2.21. The highest BCUT2D eigenvalue weighted by atomic mass is 16.6. The molecule has 1 saturated heterocycles. The third kappa shape index (κ3) is 3.83. The summed E-state index contributed by atoms with van der Waals surface area (Å²) in [5.41, 5.74) is 0.984. The summed E-state index contributed by atoms with van der Waals surface area (Å²) in [6.07, 6.45) is 5.16. The van der Waals surface area contributed by atoms with Gasteiger partial charge in [0.05, 0.1) is 12.6 Å². The van der Waals surface area contributed by atoms with E-state index in [4.69, 9.17) is 9.84 Å². The van der Waals surface area contributed by atoms with Gasteiger partial charge in [0.2, 0.25) is 0 Å². The zero-order valence-corrected chi connectivity index (χ0v) is 10.9. The van der Waals surface area contributed by atoms with E-state index in [1.807, 2.05) is 36.4 Å². The third-order valence-corrected chi connectivity index (χ3v) is 3.20. The number of benzene rings is 1. The molecule has 1 unspecified atom stereocenters. The molecular weight excluding hydrogens is 242 g/mol. The number of carbonyl (C=O) groups is 1. The van der Waals surface area contributed by atoms with Crippen molar-refractivity contribution in [3.05, 3.63) is 48.0 Å². The van der Waals surface area contributed by atoms with Gasteiger partial charge in [0.1, 0.15) is 6.61 Å². The SMILES string of the molecule is O=C(OCc1ccccc1)N1CCCC1/C=C\CO. The first-order valence-corrected chi connectivity index (χ1v) is 6.56. The standard InChI is InChI=1S/C15H19NO3/c17-11-5-9-14-8-4-10-16(14)15(18)19-12-13-6-2-1-3-7-13/h1-3,5-7,9,14,17H,4,8,10-12H2/b9-5-. The summed E-state index contributed by atoms with van der Waals surface area (Å²) < 4.78 is 5.31. The van der Waals surface area contributed by atoms with Crippen molar-refractivity contribution in [1.82, 2.24) is 4.90 Å². The van der Waals surface area contributed by atoms with Crippen LogP contribution in [-0.4, -0.2) is 35.3 Å². The van der Waals surface area contributed by atoms with Crippen LogP contribution in [0.3, 0.4) is 0 Å². The van der Waals surface area contributed by atoms with Crippen LogP contribution in [0.2, 0.25) is 0 Å². The van der Waals surface area contributed by atoms with Gasteiger partial charge < -0.3 is 14.7 Å². The maximum absolute atomic E-state index is 12.0. The molecule has 1 N–H and O–H groups in total. The molecule has 0 spiro atoms. The van der Waals surface area contributed by atoms with Crippen LogP contribution in [-0.2, 0) is 11.3 Å². The summed E-state index contributed by atoms with van der Waals surface area (Å²) in [7, 11) is 0. The Morgan fingerprint density at radius 2 is 2.21 bits per heavy atom. The number of ether oxygens (including phenoxy) is 1. The Morgan fingerprint density at radius 1 is 1.42 bits per heavy atom. The van der Waals surface area contributed by atoms with E-state index in [0.29, 0.717) is 13.2 Å². The summed E-state index contributed by atoms with van der Waals surface area (Å²) in [4.78, 5) is 13.7. The summed E-state index contributed by atoms with van der Waals surface area (Å²) >= 11 is 0. The average molecular weight is 261 g/mol. The minimum absolute atomic E-state index is 0.00338. The lowest BCUT2D eigenvalue weighted by molar-refractivity contribution is 0.0974. The highest BCUT2D eigenvalue weighted by Crippen LogP contribution is 2.19. The fourth-order valence-corrected chi connectivity index (χ4v) is 2.24. The van der Waals surface area contributed by atoms with E-state index in [1.54, 1.807) is 11.0 Å². The maximum atomic E-state index is 12.0. The fraction of sp³-hybridized carbons (Fsp3) is 0.400. The number of rotatable bonds is 4. The van der Waals surface area contributed by atoms with Gasteiger partial charge in [-0.15, -0.1) is 0 Å². The van der Waals surface area contributed by atoms with Crippen molar-refractivity contribution in [3.8, 4) is 0 Å². The van der Waals surface area contributed by atoms with Crippen molar-refractivity contribution in [2.24, 2.45) is 0 Å². The van der Waals surface area contributed by atoms with Crippen molar-refractivity contribution in [2.75, 3.05) is 13.2 Å². The summed E-state index contributed by atoms with van der Waals surface area (Å²) in [6.45, 7) is 1.02. The second-order valence-corrected chi connectivity index (χ2v) is 4.55. The quantitative estimate of drug-likeness (QED) is 0.846. The van der Waals surface area contributed by atoms with Crippen LogP contribution in [0.1, 0.15) is 18.4 Å². The van der Waals surface area contributed by atoms with Crippen LogP contribution in [0.5, 0.6) is 0 Å². The van der Waals surface area contributed by atoms with Crippen LogP contribution in [0, 0.1) is 0 Å². The Morgan fingerprint density at radius 3 is 2.95 bits per heavy atom. The lowest BCUT2D eigenvalue weighted by atomic mass is 10.2. The predicted octanol–water partition coefficient (Wildman–Crippen LogP) is 2.34. The van der Waals surface area contributed by atoms with E-state index in [2.05, 4.69) is 0 Å². The normalized spacial score (nSPS) is 19.0. The average Bonchev–Trinajstić information content (AvgIpc) is 2.92. The number of hydrogen-bond acceptors (Lipinski definition) is 3. The molecule has 1 aliphatic rings. The van der Waals surface area contributed by atoms with Gasteiger partial charge in [0.15, 0.2) is 0 Å². The minimum atomic E-state index is -0.283. The van der Waals surface area contributed by atoms with E-state index in [1.165, 1.54) is 0 Å². The third-order valence-electron chi connectivity index (χ3n) is 3.20. The topological polar surface area (TPSA) is 49.8 Å². The van der Waals surface area contributed by atoms with Gasteiger partial charge >= 0.3 is 6.09 Å². The molecule has 4 heteroatoms. The van der Waals surface area contributed by atoms with E-state index >= 15 is 0 Å². The van der Waals surface area contributed by atoms with Crippen LogP contribution < -0.4 is 0 Å². The number of carbonyl (C=O) groups excluding carboxylic acids is 1. The molecule has 0 aliphatic carbocycles. The zero-order chi connectivity index (χ0) is 13.5. The minimum Gasteiger partial charge on any atom is -0.445 e. The highest BCUT2D eigenvalue weighted by Gasteiger charge is 2.27. The fourth-order valence-electron chi connectivity index (χ4n) is 2.24. The summed E-state index contributed by atoms with van der Waals surface area (Å²) in [5, 5.41) is 8.78. The Bertz CT molecular complexity index is 430. The Labute approximate surface area is 113 Å². The number of aliphatic hydroxyl groups excluding tert-OH is 1. The molecule has 1 heterocycles. The Balaban J connectivity index is 1.87. The maximum Gasteiger partial charge on any atom is 0.410 e. The Kier molecular flexibility index (Phi) is 4.98. The molecule has 1 aliphatic heterocycles. The molecule has 0 bridgehead atoms. The first kappa shape index (κ1) is 13.6. The number of aliphatic hydroxyl groups is 1. The molecule has 102 valence electrons. The zero-order valence-electron chi connectivity index (χ0n) is 10.9. The molecule has 0 aromatic heterocycles. The second kappa shape index (κ2) is 6.95. The number of nitrogens with zero attached hydrogens (tertiary/aromatic N) is 1. The van der Waals surface area contributed by atoms with Crippen molar-refractivity contribution in [1.29, 1.82) is 0 Å². The molecule has 0 radical (unpaired) electrons. The molecular formula is C15H19NO3. The van der Waals surface area contributed by atoms with E-state index < -0.39 is 0 Å². The van der Waals surface area contributed by atoms with Gasteiger partial charge in [0.25, 0.3) is 0 Å². The van der Waals surface area contributed by atoms with E-state index in [-0.39, 0.29) is 18.7 Å². The molecule has 1 atom stereocenters. The van der Waals surface area contributed by atoms with Crippen LogP contribution in [0.15, 0.2) is 42.5 Å². The van der Waals surface area contributed by atoms with Gasteiger partial charge in [-0.25, -0.2) is 4.79 Å². The van der Waals surface area contributed by atoms with Crippen LogP contribution in [0.4, 0.5) is 4.79 Å². The van der Waals surface area contributed by atoms with Gasteiger partial charge in [0, 0.05) is 6.54 Å². The van der Waals surface area contributed by atoms with Gasteiger partial charge in [-0.2, -0.15) is 0 Å². The first-order valence-electron chi connectivity index (χ1n) is 6.56. The largest absolute Gasteiger partial charge is 0.445 e. The van der Waals surface area contributed by atoms with Crippen molar-refractivity contribution >= 4 is 6.09 Å². The molecule has 1 amide bonds. The summed E-state index contributed by atoms with van der Waals surface area (Å²) in [6, 6.07) is 9.69.